The van der Waals surface area contributed by atoms with Crippen LogP contribution in [0.5, 0.6) is 0 Å². The molecule has 0 saturated carbocycles. The summed E-state index contributed by atoms with van der Waals surface area (Å²) in [5.41, 5.74) is 1.67. The van der Waals surface area contributed by atoms with Gasteiger partial charge in [0.05, 0.1) is 17.3 Å². The van der Waals surface area contributed by atoms with Gasteiger partial charge in [0.25, 0.3) is 0 Å². The minimum Gasteiger partial charge on any atom is -0.465 e. The van der Waals surface area contributed by atoms with Gasteiger partial charge in [-0.3, -0.25) is 4.90 Å². The maximum atomic E-state index is 11.7. The Hall–Kier alpha value is -3.14. The van der Waals surface area contributed by atoms with Crippen molar-refractivity contribution in [1.29, 1.82) is 5.26 Å². The fourth-order valence-corrected chi connectivity index (χ4v) is 3.65. The van der Waals surface area contributed by atoms with E-state index in [1.54, 1.807) is 24.5 Å². The van der Waals surface area contributed by atoms with Crippen molar-refractivity contribution in [2.75, 3.05) is 18.0 Å². The van der Waals surface area contributed by atoms with Crippen LogP contribution in [-0.4, -0.2) is 50.7 Å². The number of nitriles is 1. The maximum absolute atomic E-state index is 11.7. The Labute approximate surface area is 158 Å². The molecule has 1 aromatic heterocycles. The molecule has 0 aliphatic carbocycles. The molecule has 1 fully saturated rings. The summed E-state index contributed by atoms with van der Waals surface area (Å²) in [5, 5.41) is 19.3. The molecule has 1 aromatic carbocycles. The van der Waals surface area contributed by atoms with E-state index < -0.39 is 11.6 Å². The van der Waals surface area contributed by atoms with Crippen molar-refractivity contribution in [1.82, 2.24) is 14.9 Å². The van der Waals surface area contributed by atoms with Gasteiger partial charge in [-0.15, -0.1) is 0 Å². The summed E-state index contributed by atoms with van der Waals surface area (Å²) in [6.07, 6.45) is 3.16. The molecule has 2 aromatic rings. The summed E-state index contributed by atoms with van der Waals surface area (Å²) in [5.74, 6) is 0.574. The first kappa shape index (κ1) is 18.6. The van der Waals surface area contributed by atoms with E-state index in [2.05, 4.69) is 20.9 Å². The van der Waals surface area contributed by atoms with Crippen LogP contribution in [0, 0.1) is 11.3 Å². The molecule has 0 unspecified atom stereocenters. The monoisotopic (exact) mass is 365 g/mol. The molecule has 27 heavy (non-hydrogen) atoms. The molecule has 1 atom stereocenters. The summed E-state index contributed by atoms with van der Waals surface area (Å²) in [4.78, 5) is 23.8. The molecule has 7 nitrogen and oxygen atoms in total. The number of aromatic nitrogens is 2. The first-order valence-corrected chi connectivity index (χ1v) is 8.90. The molecule has 140 valence electrons. The lowest BCUT2D eigenvalue weighted by Gasteiger charge is -2.38. The minimum absolute atomic E-state index is 0.105. The SMILES string of the molecule is CC(C)(C)N(C(=O)O)[C@H]1CCN(c2ccc(-c3ncccn3)cc2C#N)C1. The number of carbonyl (C=O) groups is 1. The van der Waals surface area contributed by atoms with Gasteiger partial charge >= 0.3 is 6.09 Å². The third kappa shape index (κ3) is 3.85. The Kier molecular flexibility index (Phi) is 5.00. The average molecular weight is 365 g/mol. The van der Waals surface area contributed by atoms with Crippen molar-refractivity contribution in [3.05, 3.63) is 42.2 Å². The molecule has 0 spiro atoms. The van der Waals surface area contributed by atoms with E-state index in [1.807, 2.05) is 32.9 Å². The lowest BCUT2D eigenvalue weighted by atomic mass is 10.0. The van der Waals surface area contributed by atoms with E-state index in [0.29, 0.717) is 24.5 Å². The van der Waals surface area contributed by atoms with Crippen LogP contribution in [0.1, 0.15) is 32.8 Å². The second-order valence-corrected chi connectivity index (χ2v) is 7.63. The topological polar surface area (TPSA) is 93.3 Å². The second kappa shape index (κ2) is 7.23. The summed E-state index contributed by atoms with van der Waals surface area (Å²) in [6, 6.07) is 9.48. The summed E-state index contributed by atoms with van der Waals surface area (Å²) in [6.45, 7) is 6.98. The lowest BCUT2D eigenvalue weighted by molar-refractivity contribution is 0.0763. The number of hydrogen-bond donors (Lipinski definition) is 1. The molecule has 1 aliphatic heterocycles. The van der Waals surface area contributed by atoms with Gasteiger partial charge in [-0.25, -0.2) is 14.8 Å². The van der Waals surface area contributed by atoms with Gasteiger partial charge in [0, 0.05) is 36.6 Å². The van der Waals surface area contributed by atoms with Gasteiger partial charge in [0.15, 0.2) is 5.82 Å². The van der Waals surface area contributed by atoms with Gasteiger partial charge in [0.2, 0.25) is 0 Å². The number of carboxylic acid groups (broad SMARTS) is 1. The Balaban J connectivity index is 1.86. The Morgan fingerprint density at radius 1 is 1.33 bits per heavy atom. The zero-order valence-electron chi connectivity index (χ0n) is 15.8. The van der Waals surface area contributed by atoms with Gasteiger partial charge in [0.1, 0.15) is 6.07 Å². The molecule has 2 heterocycles. The van der Waals surface area contributed by atoms with E-state index in [4.69, 9.17) is 0 Å². The standard InChI is InChI=1S/C20H23N5O2/c1-20(2,3)25(19(26)27)16-7-10-24(13-16)17-6-5-14(11-15(17)12-21)18-22-8-4-9-23-18/h4-6,8-9,11,16H,7,10,13H2,1-3H3,(H,26,27)/t16-/m0/s1. The Morgan fingerprint density at radius 3 is 2.63 bits per heavy atom. The molecule has 1 N–H and O–H groups in total. The van der Waals surface area contributed by atoms with Crippen molar-refractivity contribution in [3.63, 3.8) is 0 Å². The highest BCUT2D eigenvalue weighted by molar-refractivity contribution is 5.69. The van der Waals surface area contributed by atoms with Crippen LogP contribution in [0.3, 0.4) is 0 Å². The molecule has 0 radical (unpaired) electrons. The van der Waals surface area contributed by atoms with Crippen LogP contribution in [0.2, 0.25) is 0 Å². The van der Waals surface area contributed by atoms with Crippen LogP contribution >= 0.6 is 0 Å². The molecule has 1 amide bonds. The van der Waals surface area contributed by atoms with Crippen LogP contribution in [0.25, 0.3) is 11.4 Å². The van der Waals surface area contributed by atoms with E-state index in [0.717, 1.165) is 17.7 Å². The van der Waals surface area contributed by atoms with Crippen LogP contribution < -0.4 is 4.90 Å². The number of rotatable bonds is 3. The van der Waals surface area contributed by atoms with Gasteiger partial charge < -0.3 is 10.0 Å². The lowest BCUT2D eigenvalue weighted by Crippen LogP contribution is -2.52. The number of nitrogens with zero attached hydrogens (tertiary/aromatic N) is 5. The van der Waals surface area contributed by atoms with Crippen molar-refractivity contribution in [3.8, 4) is 17.5 Å². The highest BCUT2D eigenvalue weighted by atomic mass is 16.4. The predicted octanol–water partition coefficient (Wildman–Crippen LogP) is 3.37. The quantitative estimate of drug-likeness (QED) is 0.896. The van der Waals surface area contributed by atoms with Gasteiger partial charge in [-0.2, -0.15) is 5.26 Å². The number of anilines is 1. The van der Waals surface area contributed by atoms with E-state index in [9.17, 15) is 15.2 Å². The minimum atomic E-state index is -0.911. The first-order valence-electron chi connectivity index (χ1n) is 8.90. The molecule has 0 bridgehead atoms. The van der Waals surface area contributed by atoms with Crippen LogP contribution in [0.15, 0.2) is 36.7 Å². The number of amides is 1. The predicted molar refractivity (Wildman–Crippen MR) is 102 cm³/mol. The highest BCUT2D eigenvalue weighted by Gasteiger charge is 2.37. The largest absolute Gasteiger partial charge is 0.465 e. The zero-order valence-corrected chi connectivity index (χ0v) is 15.8. The molecule has 3 rings (SSSR count). The summed E-state index contributed by atoms with van der Waals surface area (Å²) in [7, 11) is 0. The third-order valence-corrected chi connectivity index (χ3v) is 4.74. The van der Waals surface area contributed by atoms with E-state index in [-0.39, 0.29) is 6.04 Å². The molecule has 1 saturated heterocycles. The maximum Gasteiger partial charge on any atom is 0.408 e. The molecule has 1 aliphatic rings. The van der Waals surface area contributed by atoms with Crippen molar-refractivity contribution >= 4 is 11.8 Å². The summed E-state index contributed by atoms with van der Waals surface area (Å²) >= 11 is 0. The number of hydrogen-bond acceptors (Lipinski definition) is 5. The Bertz CT molecular complexity index is 870. The van der Waals surface area contributed by atoms with Crippen molar-refractivity contribution in [2.24, 2.45) is 0 Å². The van der Waals surface area contributed by atoms with Crippen LogP contribution in [0.4, 0.5) is 10.5 Å². The van der Waals surface area contributed by atoms with Crippen LogP contribution in [-0.2, 0) is 0 Å². The van der Waals surface area contributed by atoms with Crippen molar-refractivity contribution < 1.29 is 9.90 Å². The smallest absolute Gasteiger partial charge is 0.408 e. The average Bonchev–Trinajstić information content (AvgIpc) is 3.09. The molecular weight excluding hydrogens is 342 g/mol. The molecular formula is C20H23N5O2. The molecule has 7 heteroatoms. The fraction of sp³-hybridized carbons (Fsp3) is 0.400. The summed E-state index contributed by atoms with van der Waals surface area (Å²) < 4.78 is 0. The first-order chi connectivity index (χ1) is 12.8. The van der Waals surface area contributed by atoms with Crippen molar-refractivity contribution in [2.45, 2.75) is 38.8 Å². The van der Waals surface area contributed by atoms with E-state index in [1.165, 1.54) is 4.90 Å². The van der Waals surface area contributed by atoms with E-state index >= 15 is 0 Å². The fourth-order valence-electron chi connectivity index (χ4n) is 3.65. The number of benzene rings is 1. The normalized spacial score (nSPS) is 16.8. The zero-order chi connectivity index (χ0) is 19.6. The Morgan fingerprint density at radius 2 is 2.04 bits per heavy atom. The highest BCUT2D eigenvalue weighted by Crippen LogP contribution is 2.31. The third-order valence-electron chi connectivity index (χ3n) is 4.74. The van der Waals surface area contributed by atoms with Gasteiger partial charge in [-0.1, -0.05) is 0 Å². The van der Waals surface area contributed by atoms with Gasteiger partial charge in [-0.05, 0) is 51.5 Å². The second-order valence-electron chi connectivity index (χ2n) is 7.63.